The maximum atomic E-state index is 5.54. The summed E-state index contributed by atoms with van der Waals surface area (Å²) in [6, 6.07) is 0. The second-order valence-corrected chi connectivity index (χ2v) is 6.68. The Morgan fingerprint density at radius 1 is 0.840 bits per heavy atom. The highest BCUT2D eigenvalue weighted by Crippen LogP contribution is 2.16. The average Bonchev–Trinajstić information content (AvgIpc) is 2.62. The molecule has 0 radical (unpaired) electrons. The van der Waals surface area contributed by atoms with E-state index >= 15 is 0 Å². The van der Waals surface area contributed by atoms with Gasteiger partial charge >= 0.3 is 0 Å². The van der Waals surface area contributed by atoms with Gasteiger partial charge in [-0.15, -0.1) is 0 Å². The molecule has 0 aliphatic carbocycles. The van der Waals surface area contributed by atoms with Crippen LogP contribution in [0.4, 0.5) is 0 Å². The van der Waals surface area contributed by atoms with Crippen LogP contribution in [0.1, 0.15) is 72.1 Å². The quantitative estimate of drug-likeness (QED) is 0.125. The first-order valence-electron chi connectivity index (χ1n) is 9.91. The van der Waals surface area contributed by atoms with Gasteiger partial charge in [0.25, 0.3) is 0 Å². The third kappa shape index (κ3) is 16.3. The number of rotatable bonds is 15. The molecule has 0 rings (SSSR count). The van der Waals surface area contributed by atoms with E-state index in [2.05, 4.69) is 91.0 Å². The molecular weight excluding hydrogens is 323 g/mol. The third-order valence-electron chi connectivity index (χ3n) is 4.08. The summed E-state index contributed by atoms with van der Waals surface area (Å²) < 4.78 is 5.54. The predicted octanol–water partition coefficient (Wildman–Crippen LogP) is 7.74. The van der Waals surface area contributed by atoms with Crippen molar-refractivity contribution in [1.82, 2.24) is 0 Å². The van der Waals surface area contributed by atoms with E-state index < -0.39 is 0 Å². The maximum Gasteiger partial charge on any atom is 0.0705 e. The fourth-order valence-electron chi connectivity index (χ4n) is 2.42. The van der Waals surface area contributed by atoms with Crippen molar-refractivity contribution in [2.24, 2.45) is 5.92 Å². The molecule has 0 heterocycles. The lowest BCUT2D eigenvalue weighted by atomic mass is 10.0. The molecule has 0 amide bonds. The highest BCUT2D eigenvalue weighted by molar-refractivity contribution is 7.09. The monoisotopic (exact) mass is 362 g/mol. The molecule has 0 aromatic rings. The first kappa shape index (κ1) is 24.1. The lowest BCUT2D eigenvalue weighted by Gasteiger charge is -2.17. The number of allylic oxidation sites excluding steroid dienone is 8. The fraction of sp³-hybridized carbons (Fsp3) is 0.565. The van der Waals surface area contributed by atoms with Crippen LogP contribution in [0.2, 0.25) is 0 Å². The van der Waals surface area contributed by atoms with Crippen molar-refractivity contribution in [2.45, 2.75) is 78.2 Å². The second-order valence-electron chi connectivity index (χ2n) is 6.40. The molecule has 3 unspecified atom stereocenters. The summed E-state index contributed by atoms with van der Waals surface area (Å²) in [6.07, 6.45) is 31.6. The molecule has 0 saturated carbocycles. The minimum atomic E-state index is 0.204. The van der Waals surface area contributed by atoms with E-state index in [-0.39, 0.29) is 6.10 Å². The van der Waals surface area contributed by atoms with Gasteiger partial charge in [0.1, 0.15) is 0 Å². The van der Waals surface area contributed by atoms with Gasteiger partial charge in [0.05, 0.1) is 6.10 Å². The van der Waals surface area contributed by atoms with Gasteiger partial charge in [-0.25, -0.2) is 0 Å². The molecule has 0 aromatic heterocycles. The zero-order chi connectivity index (χ0) is 18.6. The minimum absolute atomic E-state index is 0.204. The summed E-state index contributed by atoms with van der Waals surface area (Å²) in [4.78, 5) is 0. The van der Waals surface area contributed by atoms with Crippen LogP contribution in [0.3, 0.4) is 0 Å². The minimum Gasteiger partial charge on any atom is -0.362 e. The van der Waals surface area contributed by atoms with Gasteiger partial charge in [-0.05, 0) is 32.1 Å². The van der Waals surface area contributed by atoms with E-state index in [1.165, 1.54) is 32.1 Å². The van der Waals surface area contributed by atoms with Crippen molar-refractivity contribution < 1.29 is 4.52 Å². The van der Waals surface area contributed by atoms with E-state index in [1.807, 2.05) is 0 Å². The molecule has 0 bridgehead atoms. The van der Waals surface area contributed by atoms with Crippen molar-refractivity contribution >= 4 is 9.47 Å². The first-order chi connectivity index (χ1) is 12.3. The molecule has 25 heavy (non-hydrogen) atoms. The number of unbranched alkanes of at least 4 members (excludes halogenated alkanes) is 4. The summed E-state index contributed by atoms with van der Waals surface area (Å²) >= 11 is 0. The van der Waals surface area contributed by atoms with Crippen LogP contribution in [0.5, 0.6) is 0 Å². The van der Waals surface area contributed by atoms with Gasteiger partial charge in [-0.2, -0.15) is 0 Å². The highest BCUT2D eigenvalue weighted by Gasteiger charge is 2.11. The highest BCUT2D eigenvalue weighted by atomic mass is 31.0. The van der Waals surface area contributed by atoms with Crippen LogP contribution in [-0.4, -0.2) is 6.10 Å². The second kappa shape index (κ2) is 19.4. The van der Waals surface area contributed by atoms with Gasteiger partial charge in [-0.1, -0.05) is 101 Å². The van der Waals surface area contributed by atoms with Gasteiger partial charge in [-0.3, -0.25) is 0 Å². The summed E-state index contributed by atoms with van der Waals surface area (Å²) in [5.41, 5.74) is 0. The average molecular weight is 363 g/mol. The Hall–Kier alpha value is -0.910. The van der Waals surface area contributed by atoms with Crippen LogP contribution in [0.15, 0.2) is 60.8 Å². The SMILES string of the molecule is CCC=CCC=CCC(OP)C(C)C=CC=CC=CCCCCCC. The molecule has 142 valence electrons. The van der Waals surface area contributed by atoms with Crippen LogP contribution in [0.25, 0.3) is 0 Å². The first-order valence-corrected chi connectivity index (χ1v) is 10.4. The summed E-state index contributed by atoms with van der Waals surface area (Å²) in [5, 5.41) is 0. The van der Waals surface area contributed by atoms with Gasteiger partial charge < -0.3 is 4.52 Å². The summed E-state index contributed by atoms with van der Waals surface area (Å²) in [5.74, 6) is 0.385. The van der Waals surface area contributed by atoms with Crippen LogP contribution < -0.4 is 0 Å². The zero-order valence-corrected chi connectivity index (χ0v) is 17.7. The molecule has 0 aromatic carbocycles. The molecule has 0 saturated heterocycles. The molecule has 3 atom stereocenters. The van der Waals surface area contributed by atoms with Crippen molar-refractivity contribution in [3.05, 3.63) is 60.8 Å². The van der Waals surface area contributed by atoms with Crippen LogP contribution >= 0.6 is 9.47 Å². The van der Waals surface area contributed by atoms with Gasteiger partial charge in [0.2, 0.25) is 0 Å². The fourth-order valence-corrected chi connectivity index (χ4v) is 2.78. The summed E-state index contributed by atoms with van der Waals surface area (Å²) in [7, 11) is 2.41. The van der Waals surface area contributed by atoms with Crippen molar-refractivity contribution in [3.63, 3.8) is 0 Å². The van der Waals surface area contributed by atoms with E-state index in [1.54, 1.807) is 0 Å². The smallest absolute Gasteiger partial charge is 0.0705 e. The molecule has 0 aliphatic rings. The van der Waals surface area contributed by atoms with E-state index in [4.69, 9.17) is 4.52 Å². The molecule has 0 fully saturated rings. The van der Waals surface area contributed by atoms with E-state index in [9.17, 15) is 0 Å². The Morgan fingerprint density at radius 2 is 1.60 bits per heavy atom. The largest absolute Gasteiger partial charge is 0.362 e. The van der Waals surface area contributed by atoms with Crippen LogP contribution in [-0.2, 0) is 4.52 Å². The van der Waals surface area contributed by atoms with Gasteiger partial charge in [0.15, 0.2) is 0 Å². The standard InChI is InChI=1S/C23H39OP/c1-4-6-8-10-12-13-14-15-16-18-20-22(3)23(24-25)21-19-17-11-9-7-5-2/h7,9,13-20,22-23H,4-6,8,10-12,21,25H2,1-3H3. The van der Waals surface area contributed by atoms with Crippen molar-refractivity contribution in [1.29, 1.82) is 0 Å². The third-order valence-corrected chi connectivity index (χ3v) is 4.43. The van der Waals surface area contributed by atoms with Crippen LogP contribution in [0, 0.1) is 5.92 Å². The molecule has 2 heteroatoms. The predicted molar refractivity (Wildman–Crippen MR) is 118 cm³/mol. The lowest BCUT2D eigenvalue weighted by Crippen LogP contribution is -2.15. The van der Waals surface area contributed by atoms with E-state index in [0.717, 1.165) is 19.3 Å². The maximum absolute atomic E-state index is 5.54. The molecular formula is C23H39OP. The van der Waals surface area contributed by atoms with Crippen molar-refractivity contribution in [2.75, 3.05) is 0 Å². The molecule has 0 N–H and O–H groups in total. The Balaban J connectivity index is 4.02. The van der Waals surface area contributed by atoms with Crippen molar-refractivity contribution in [3.8, 4) is 0 Å². The summed E-state index contributed by atoms with van der Waals surface area (Å²) in [6.45, 7) is 6.61. The topological polar surface area (TPSA) is 9.23 Å². The molecule has 0 spiro atoms. The normalized spacial score (nSPS) is 15.5. The Bertz CT molecular complexity index is 418. The van der Waals surface area contributed by atoms with E-state index in [0.29, 0.717) is 5.92 Å². The lowest BCUT2D eigenvalue weighted by molar-refractivity contribution is 0.199. The zero-order valence-electron chi connectivity index (χ0n) is 16.6. The van der Waals surface area contributed by atoms with Gasteiger partial charge in [0, 0.05) is 15.4 Å². The Labute approximate surface area is 159 Å². The number of hydrogen-bond donors (Lipinski definition) is 0. The number of hydrogen-bond acceptors (Lipinski definition) is 1. The molecule has 0 aliphatic heterocycles. The Morgan fingerprint density at radius 3 is 2.32 bits per heavy atom. The Kier molecular flexibility index (Phi) is 18.7. The molecule has 1 nitrogen and oxygen atoms in total.